The monoisotopic (exact) mass is 339 g/mol. The zero-order chi connectivity index (χ0) is 16.8. The van der Waals surface area contributed by atoms with Crippen molar-refractivity contribution < 1.29 is 14.2 Å². The van der Waals surface area contributed by atoms with E-state index in [1.54, 1.807) is 32.7 Å². The maximum Gasteiger partial charge on any atom is 0.161 e. The van der Waals surface area contributed by atoms with Gasteiger partial charge in [0.2, 0.25) is 0 Å². The molecule has 0 aliphatic rings. The SMILES string of the molecule is COc1ccc2c3cc(OC)c(OC)cc3c3nc(C)sc3c2c1. The number of aromatic nitrogens is 1. The number of nitrogens with zero attached hydrogens (tertiary/aromatic N) is 1. The molecule has 0 spiro atoms. The quantitative estimate of drug-likeness (QED) is 0.496. The van der Waals surface area contributed by atoms with Gasteiger partial charge in [-0.3, -0.25) is 0 Å². The van der Waals surface area contributed by atoms with Crippen molar-refractivity contribution in [1.29, 1.82) is 0 Å². The molecule has 5 heteroatoms. The molecule has 0 unspecified atom stereocenters. The van der Waals surface area contributed by atoms with Crippen molar-refractivity contribution in [1.82, 2.24) is 4.98 Å². The summed E-state index contributed by atoms with van der Waals surface area (Å²) in [6.45, 7) is 2.03. The van der Waals surface area contributed by atoms with Crippen molar-refractivity contribution in [3.8, 4) is 17.2 Å². The lowest BCUT2D eigenvalue weighted by Gasteiger charge is -2.12. The summed E-state index contributed by atoms with van der Waals surface area (Å²) in [5.41, 5.74) is 0.995. The molecule has 0 aliphatic heterocycles. The van der Waals surface area contributed by atoms with Crippen molar-refractivity contribution in [2.24, 2.45) is 0 Å². The maximum absolute atomic E-state index is 5.49. The summed E-state index contributed by atoms with van der Waals surface area (Å²) in [5, 5.41) is 5.52. The fraction of sp³-hybridized carbons (Fsp3) is 0.211. The smallest absolute Gasteiger partial charge is 0.161 e. The first-order chi connectivity index (χ1) is 11.7. The third-order valence-corrected chi connectivity index (χ3v) is 5.28. The van der Waals surface area contributed by atoms with E-state index in [0.29, 0.717) is 11.5 Å². The van der Waals surface area contributed by atoms with Crippen LogP contribution < -0.4 is 14.2 Å². The van der Waals surface area contributed by atoms with Gasteiger partial charge in [0, 0.05) is 10.8 Å². The van der Waals surface area contributed by atoms with E-state index in [0.717, 1.165) is 37.8 Å². The van der Waals surface area contributed by atoms with Gasteiger partial charge in [0.15, 0.2) is 11.5 Å². The highest BCUT2D eigenvalue weighted by molar-refractivity contribution is 7.19. The second-order valence-electron chi connectivity index (χ2n) is 5.57. The minimum Gasteiger partial charge on any atom is -0.497 e. The average Bonchev–Trinajstić information content (AvgIpc) is 3.02. The maximum atomic E-state index is 5.49. The number of thiazole rings is 1. The molecule has 122 valence electrons. The van der Waals surface area contributed by atoms with E-state index in [2.05, 4.69) is 12.1 Å². The van der Waals surface area contributed by atoms with Crippen LogP contribution in [-0.2, 0) is 0 Å². The van der Waals surface area contributed by atoms with Gasteiger partial charge in [0.05, 0.1) is 36.6 Å². The number of ether oxygens (including phenoxy) is 3. The Morgan fingerprint density at radius 2 is 1.50 bits per heavy atom. The van der Waals surface area contributed by atoms with Gasteiger partial charge >= 0.3 is 0 Å². The van der Waals surface area contributed by atoms with Gasteiger partial charge in [0.1, 0.15) is 5.75 Å². The van der Waals surface area contributed by atoms with Crippen LogP contribution in [0.1, 0.15) is 5.01 Å². The molecule has 4 nitrogen and oxygen atoms in total. The Bertz CT molecular complexity index is 1080. The highest BCUT2D eigenvalue weighted by Crippen LogP contribution is 2.43. The molecule has 0 N–H and O–H groups in total. The van der Waals surface area contributed by atoms with E-state index in [1.165, 1.54) is 4.70 Å². The average molecular weight is 339 g/mol. The van der Waals surface area contributed by atoms with Crippen LogP contribution >= 0.6 is 11.3 Å². The van der Waals surface area contributed by atoms with Crippen molar-refractivity contribution in [2.75, 3.05) is 21.3 Å². The van der Waals surface area contributed by atoms with Gasteiger partial charge in [-0.2, -0.15) is 0 Å². The summed E-state index contributed by atoms with van der Waals surface area (Å²) < 4.78 is 17.5. The number of methoxy groups -OCH3 is 3. The number of aryl methyl sites for hydroxylation is 1. The molecule has 0 atom stereocenters. The first kappa shape index (κ1) is 15.0. The molecule has 0 bridgehead atoms. The molecular weight excluding hydrogens is 322 g/mol. The fourth-order valence-corrected chi connectivity index (χ4v) is 4.13. The van der Waals surface area contributed by atoms with Crippen molar-refractivity contribution >= 4 is 43.1 Å². The molecule has 0 fully saturated rings. The van der Waals surface area contributed by atoms with Crippen molar-refractivity contribution in [3.63, 3.8) is 0 Å². The number of benzene rings is 3. The van der Waals surface area contributed by atoms with Crippen molar-refractivity contribution in [2.45, 2.75) is 6.92 Å². The standard InChI is InChI=1S/C19H17NO3S/c1-10-20-18-14-9-17(23-4)16(22-3)8-13(14)12-6-5-11(21-2)7-15(12)19(18)24-10/h5-9H,1-4H3. The van der Waals surface area contributed by atoms with Crippen LogP contribution in [-0.4, -0.2) is 26.3 Å². The predicted octanol–water partition coefficient (Wildman–Crippen LogP) is 4.94. The van der Waals surface area contributed by atoms with Gasteiger partial charge in [-0.1, -0.05) is 6.07 Å². The lowest BCUT2D eigenvalue weighted by atomic mass is 10.00. The Morgan fingerprint density at radius 3 is 2.17 bits per heavy atom. The third kappa shape index (κ3) is 2.08. The summed E-state index contributed by atoms with van der Waals surface area (Å²) in [6, 6.07) is 10.2. The topological polar surface area (TPSA) is 40.6 Å². The summed E-state index contributed by atoms with van der Waals surface area (Å²) in [4.78, 5) is 4.76. The van der Waals surface area contributed by atoms with E-state index in [1.807, 2.05) is 25.1 Å². The van der Waals surface area contributed by atoms with E-state index >= 15 is 0 Å². The van der Waals surface area contributed by atoms with E-state index in [9.17, 15) is 0 Å². The van der Waals surface area contributed by atoms with Crippen LogP contribution in [0.5, 0.6) is 17.2 Å². The van der Waals surface area contributed by atoms with Crippen LogP contribution in [0.25, 0.3) is 31.8 Å². The van der Waals surface area contributed by atoms with E-state index in [4.69, 9.17) is 19.2 Å². The number of hydrogen-bond acceptors (Lipinski definition) is 5. The lowest BCUT2D eigenvalue weighted by molar-refractivity contribution is 0.356. The molecule has 1 aromatic heterocycles. The van der Waals surface area contributed by atoms with Gasteiger partial charge in [-0.15, -0.1) is 11.3 Å². The summed E-state index contributed by atoms with van der Waals surface area (Å²) in [7, 11) is 4.99. The lowest BCUT2D eigenvalue weighted by Crippen LogP contribution is -1.92. The Hall–Kier alpha value is -2.53. The second kappa shape index (κ2) is 5.53. The van der Waals surface area contributed by atoms with Crippen LogP contribution in [0.4, 0.5) is 0 Å². The molecule has 0 saturated carbocycles. The summed E-state index contributed by atoms with van der Waals surface area (Å²) in [5.74, 6) is 2.27. The number of hydrogen-bond donors (Lipinski definition) is 0. The molecule has 24 heavy (non-hydrogen) atoms. The van der Waals surface area contributed by atoms with Crippen LogP contribution in [0, 0.1) is 6.92 Å². The highest BCUT2D eigenvalue weighted by Gasteiger charge is 2.16. The molecule has 0 radical (unpaired) electrons. The van der Waals surface area contributed by atoms with Gasteiger partial charge in [-0.25, -0.2) is 4.98 Å². The minimum atomic E-state index is 0.713. The molecule has 3 aromatic carbocycles. The molecular formula is C19H17NO3S. The van der Waals surface area contributed by atoms with Gasteiger partial charge in [-0.05, 0) is 42.0 Å². The first-order valence-corrected chi connectivity index (χ1v) is 8.40. The Kier molecular flexibility index (Phi) is 3.46. The zero-order valence-electron chi connectivity index (χ0n) is 14.0. The highest BCUT2D eigenvalue weighted by atomic mass is 32.1. The molecule has 4 aromatic rings. The van der Waals surface area contributed by atoms with Gasteiger partial charge in [0.25, 0.3) is 0 Å². The molecule has 0 saturated heterocycles. The number of fused-ring (bicyclic) bond motifs is 6. The summed E-state index contributed by atoms with van der Waals surface area (Å²) in [6.07, 6.45) is 0. The molecule has 0 amide bonds. The molecule has 4 rings (SSSR count). The van der Waals surface area contributed by atoms with Crippen LogP contribution in [0.15, 0.2) is 30.3 Å². The largest absolute Gasteiger partial charge is 0.497 e. The summed E-state index contributed by atoms with van der Waals surface area (Å²) >= 11 is 1.70. The molecule has 1 heterocycles. The molecule has 0 aliphatic carbocycles. The van der Waals surface area contributed by atoms with Crippen LogP contribution in [0.3, 0.4) is 0 Å². The predicted molar refractivity (Wildman–Crippen MR) is 99.0 cm³/mol. The number of rotatable bonds is 3. The second-order valence-corrected chi connectivity index (χ2v) is 6.78. The minimum absolute atomic E-state index is 0.713. The van der Waals surface area contributed by atoms with Crippen molar-refractivity contribution in [3.05, 3.63) is 35.3 Å². The Balaban J connectivity index is 2.26. The Morgan fingerprint density at radius 1 is 0.792 bits per heavy atom. The third-order valence-electron chi connectivity index (χ3n) is 4.27. The normalized spacial score (nSPS) is 11.3. The van der Waals surface area contributed by atoms with E-state index < -0.39 is 0 Å². The van der Waals surface area contributed by atoms with E-state index in [-0.39, 0.29) is 0 Å². The Labute approximate surface area is 143 Å². The first-order valence-electron chi connectivity index (χ1n) is 7.59. The van der Waals surface area contributed by atoms with Gasteiger partial charge < -0.3 is 14.2 Å². The fourth-order valence-electron chi connectivity index (χ4n) is 3.16. The zero-order valence-corrected chi connectivity index (χ0v) is 14.8. The van der Waals surface area contributed by atoms with Crippen LogP contribution in [0.2, 0.25) is 0 Å².